The second-order valence-electron chi connectivity index (χ2n) is 16.1. The van der Waals surface area contributed by atoms with Crippen LogP contribution in [0.5, 0.6) is 0 Å². The van der Waals surface area contributed by atoms with Crippen molar-refractivity contribution in [2.75, 3.05) is 13.1 Å². The molecule has 0 aromatic heterocycles. The zero-order chi connectivity index (χ0) is 34.4. The van der Waals surface area contributed by atoms with Crippen molar-refractivity contribution in [2.24, 2.45) is 0 Å². The average molecular weight is 673 g/mol. The summed E-state index contributed by atoms with van der Waals surface area (Å²) in [5.74, 6) is 0. The monoisotopic (exact) mass is 673 g/mol. The van der Waals surface area contributed by atoms with Crippen LogP contribution in [0, 0.1) is 0 Å². The standard InChI is InChI=1S/C46H92N2/c1-4-7-10-13-16-18-20-22-24-25-26-28-30-32-34-37-40-43-48-45-44-47(46(48)41-38-35-15-12-9-6-3)42-39-36-33-31-29-27-23-21-19-17-14-11-8-5-2/h44-46H,4-43H2,1-3H3. The molecule has 0 aromatic rings. The molecule has 1 aliphatic rings. The van der Waals surface area contributed by atoms with Crippen LogP contribution in [-0.2, 0) is 0 Å². The van der Waals surface area contributed by atoms with E-state index in [1.807, 2.05) is 0 Å². The summed E-state index contributed by atoms with van der Waals surface area (Å²) in [4.78, 5) is 5.45. The van der Waals surface area contributed by atoms with E-state index in [-0.39, 0.29) is 0 Å². The van der Waals surface area contributed by atoms with E-state index in [1.165, 1.54) is 257 Å². The number of hydrogen-bond donors (Lipinski definition) is 0. The fourth-order valence-corrected chi connectivity index (χ4v) is 7.95. The molecule has 0 radical (unpaired) electrons. The van der Waals surface area contributed by atoms with Crippen LogP contribution in [0.4, 0.5) is 0 Å². The lowest BCUT2D eigenvalue weighted by atomic mass is 10.0. The first kappa shape index (κ1) is 45.4. The van der Waals surface area contributed by atoms with Gasteiger partial charge >= 0.3 is 0 Å². The summed E-state index contributed by atoms with van der Waals surface area (Å²) >= 11 is 0. The third kappa shape index (κ3) is 29.1. The topological polar surface area (TPSA) is 6.48 Å². The summed E-state index contributed by atoms with van der Waals surface area (Å²) in [6.45, 7) is 9.49. The Bertz CT molecular complexity index is 630. The van der Waals surface area contributed by atoms with Gasteiger partial charge in [0.15, 0.2) is 0 Å². The predicted molar refractivity (Wildman–Crippen MR) is 219 cm³/mol. The fraction of sp³-hybridized carbons (Fsp3) is 0.957. The molecule has 0 saturated heterocycles. The summed E-state index contributed by atoms with van der Waals surface area (Å²) in [5.41, 5.74) is 0. The lowest BCUT2D eigenvalue weighted by molar-refractivity contribution is 0.135. The normalized spacial score (nSPS) is 14.6. The lowest BCUT2D eigenvalue weighted by Gasteiger charge is -2.33. The van der Waals surface area contributed by atoms with Gasteiger partial charge in [-0.15, -0.1) is 0 Å². The molecule has 0 fully saturated rings. The maximum atomic E-state index is 2.72. The van der Waals surface area contributed by atoms with Gasteiger partial charge in [0.2, 0.25) is 0 Å². The van der Waals surface area contributed by atoms with Crippen molar-refractivity contribution in [3.63, 3.8) is 0 Å². The van der Waals surface area contributed by atoms with Gasteiger partial charge in [-0.05, 0) is 25.7 Å². The van der Waals surface area contributed by atoms with Crippen molar-refractivity contribution in [1.29, 1.82) is 0 Å². The number of hydrogen-bond acceptors (Lipinski definition) is 2. The Hall–Kier alpha value is -0.660. The van der Waals surface area contributed by atoms with Gasteiger partial charge in [0.25, 0.3) is 0 Å². The minimum Gasteiger partial charge on any atom is -0.356 e. The molecule has 0 bridgehead atoms. The molecule has 1 unspecified atom stereocenters. The third-order valence-corrected chi connectivity index (χ3v) is 11.3. The van der Waals surface area contributed by atoms with Gasteiger partial charge in [0.1, 0.15) is 6.17 Å². The Morgan fingerprint density at radius 2 is 0.479 bits per heavy atom. The molecule has 1 aliphatic heterocycles. The smallest absolute Gasteiger partial charge is 0.101 e. The SMILES string of the molecule is CCCCCCCCCCCCCCCCCCCN1C=CN(CCCCCCCCCCCCCCCC)C1CCCCCCCC. The summed E-state index contributed by atoms with van der Waals surface area (Å²) in [5, 5.41) is 0. The Kier molecular flexibility index (Phi) is 35.5. The molecule has 1 atom stereocenters. The first-order valence-corrected chi connectivity index (χ1v) is 23.0. The van der Waals surface area contributed by atoms with Gasteiger partial charge < -0.3 is 9.80 Å². The minimum absolute atomic E-state index is 0.638. The van der Waals surface area contributed by atoms with E-state index >= 15 is 0 Å². The molecule has 0 aliphatic carbocycles. The predicted octanol–water partition coefficient (Wildman–Crippen LogP) is 16.3. The average Bonchev–Trinajstić information content (AvgIpc) is 3.48. The van der Waals surface area contributed by atoms with E-state index in [4.69, 9.17) is 0 Å². The maximum Gasteiger partial charge on any atom is 0.101 e. The Morgan fingerprint density at radius 1 is 0.271 bits per heavy atom. The van der Waals surface area contributed by atoms with Crippen molar-refractivity contribution in [2.45, 2.75) is 271 Å². The van der Waals surface area contributed by atoms with E-state index in [1.54, 1.807) is 0 Å². The van der Waals surface area contributed by atoms with Crippen molar-refractivity contribution < 1.29 is 0 Å². The zero-order valence-corrected chi connectivity index (χ0v) is 33.9. The van der Waals surface area contributed by atoms with Crippen LogP contribution in [0.2, 0.25) is 0 Å². The van der Waals surface area contributed by atoms with Gasteiger partial charge in [-0.1, -0.05) is 239 Å². The molecule has 48 heavy (non-hydrogen) atoms. The summed E-state index contributed by atoms with van der Waals surface area (Å²) in [7, 11) is 0. The molecule has 0 saturated carbocycles. The Labute approximate surface area is 305 Å². The fourth-order valence-electron chi connectivity index (χ4n) is 7.95. The molecule has 1 heterocycles. The number of rotatable bonds is 40. The van der Waals surface area contributed by atoms with E-state index in [0.29, 0.717) is 6.17 Å². The van der Waals surface area contributed by atoms with E-state index in [9.17, 15) is 0 Å². The summed E-state index contributed by atoms with van der Waals surface area (Å²) in [6.07, 6.45) is 60.4. The molecule has 0 aromatic carbocycles. The Morgan fingerprint density at radius 3 is 0.729 bits per heavy atom. The van der Waals surface area contributed by atoms with E-state index in [0.717, 1.165) is 0 Å². The van der Waals surface area contributed by atoms with E-state index < -0.39 is 0 Å². The van der Waals surface area contributed by atoms with Crippen LogP contribution in [-0.4, -0.2) is 29.1 Å². The molecule has 286 valence electrons. The van der Waals surface area contributed by atoms with Crippen LogP contribution in [0.1, 0.15) is 265 Å². The van der Waals surface area contributed by atoms with Gasteiger partial charge in [0, 0.05) is 25.5 Å². The van der Waals surface area contributed by atoms with Crippen molar-refractivity contribution in [3.8, 4) is 0 Å². The molecule has 1 rings (SSSR count). The van der Waals surface area contributed by atoms with Gasteiger partial charge in [0.05, 0.1) is 0 Å². The Balaban J connectivity index is 2.09. The van der Waals surface area contributed by atoms with Crippen molar-refractivity contribution >= 4 is 0 Å². The maximum absolute atomic E-state index is 2.72. The second kappa shape index (κ2) is 37.6. The van der Waals surface area contributed by atoms with Crippen LogP contribution in [0.25, 0.3) is 0 Å². The lowest BCUT2D eigenvalue weighted by Crippen LogP contribution is -2.39. The molecule has 2 heteroatoms. The molecule has 2 nitrogen and oxygen atoms in total. The van der Waals surface area contributed by atoms with Crippen LogP contribution in [0.3, 0.4) is 0 Å². The first-order valence-electron chi connectivity index (χ1n) is 23.0. The highest BCUT2D eigenvalue weighted by molar-refractivity contribution is 4.97. The minimum atomic E-state index is 0.638. The van der Waals surface area contributed by atoms with Crippen LogP contribution >= 0.6 is 0 Å². The van der Waals surface area contributed by atoms with Crippen LogP contribution < -0.4 is 0 Å². The summed E-state index contributed by atoms with van der Waals surface area (Å²) < 4.78 is 0. The highest BCUT2D eigenvalue weighted by Gasteiger charge is 2.24. The summed E-state index contributed by atoms with van der Waals surface area (Å²) in [6, 6.07) is 0. The highest BCUT2D eigenvalue weighted by atomic mass is 15.4. The quantitative estimate of drug-likeness (QED) is 0.0598. The second-order valence-corrected chi connectivity index (χ2v) is 16.1. The van der Waals surface area contributed by atoms with Crippen molar-refractivity contribution in [1.82, 2.24) is 9.80 Å². The van der Waals surface area contributed by atoms with Crippen molar-refractivity contribution in [3.05, 3.63) is 12.4 Å². The van der Waals surface area contributed by atoms with E-state index in [2.05, 4.69) is 43.0 Å². The molecular formula is C46H92N2. The molecule has 0 N–H and O–H groups in total. The van der Waals surface area contributed by atoms with Gasteiger partial charge in [-0.3, -0.25) is 0 Å². The zero-order valence-electron chi connectivity index (χ0n) is 33.9. The molecular weight excluding hydrogens is 581 g/mol. The molecule has 0 spiro atoms. The third-order valence-electron chi connectivity index (χ3n) is 11.3. The number of nitrogens with zero attached hydrogens (tertiary/aromatic N) is 2. The molecule has 0 amide bonds. The van der Waals surface area contributed by atoms with Gasteiger partial charge in [-0.25, -0.2) is 0 Å². The number of unbranched alkanes of at least 4 members (excludes halogenated alkanes) is 34. The largest absolute Gasteiger partial charge is 0.356 e. The van der Waals surface area contributed by atoms with Crippen LogP contribution in [0.15, 0.2) is 12.4 Å². The first-order chi connectivity index (χ1) is 23.8. The van der Waals surface area contributed by atoms with Gasteiger partial charge in [-0.2, -0.15) is 0 Å². The highest BCUT2D eigenvalue weighted by Crippen LogP contribution is 2.24.